The molecule has 0 fully saturated rings. The molecule has 0 aromatic carbocycles. The van der Waals surface area contributed by atoms with Crippen molar-refractivity contribution in [2.75, 3.05) is 13.2 Å². The number of carbonyl (C=O) groups is 2. The number of ether oxygens (including phenoxy) is 1. The van der Waals surface area contributed by atoms with Crippen LogP contribution in [0.15, 0.2) is 12.2 Å². The summed E-state index contributed by atoms with van der Waals surface area (Å²) < 4.78 is 5.47. The summed E-state index contributed by atoms with van der Waals surface area (Å²) in [6.45, 7) is 4.94. The number of esters is 1. The maximum absolute atomic E-state index is 12.4. The molecular formula is C62H121NO5. The van der Waals surface area contributed by atoms with Gasteiger partial charge in [0.2, 0.25) is 5.91 Å². The van der Waals surface area contributed by atoms with Gasteiger partial charge in [0, 0.05) is 12.8 Å². The normalized spacial score (nSPS) is 12.6. The monoisotopic (exact) mass is 960 g/mol. The lowest BCUT2D eigenvalue weighted by atomic mass is 10.0. The lowest BCUT2D eigenvalue weighted by Gasteiger charge is -2.22. The number of hydrogen-bond acceptors (Lipinski definition) is 5. The fourth-order valence-corrected chi connectivity index (χ4v) is 9.81. The summed E-state index contributed by atoms with van der Waals surface area (Å²) in [5, 5.41) is 23.2. The van der Waals surface area contributed by atoms with E-state index in [2.05, 4.69) is 31.3 Å². The van der Waals surface area contributed by atoms with Crippen molar-refractivity contribution in [3.8, 4) is 0 Å². The summed E-state index contributed by atoms with van der Waals surface area (Å²) in [4.78, 5) is 24.5. The van der Waals surface area contributed by atoms with Crippen molar-refractivity contribution in [3.05, 3.63) is 12.2 Å². The van der Waals surface area contributed by atoms with Crippen molar-refractivity contribution in [1.29, 1.82) is 0 Å². The second-order valence-corrected chi connectivity index (χ2v) is 21.4. The molecule has 2 atom stereocenters. The topological polar surface area (TPSA) is 95.9 Å². The molecule has 0 aromatic heterocycles. The Balaban J connectivity index is 3.32. The molecule has 6 nitrogen and oxygen atoms in total. The van der Waals surface area contributed by atoms with Gasteiger partial charge in [0.05, 0.1) is 25.4 Å². The molecule has 68 heavy (non-hydrogen) atoms. The van der Waals surface area contributed by atoms with Crippen LogP contribution in [0.4, 0.5) is 0 Å². The molecular weight excluding hydrogens is 839 g/mol. The van der Waals surface area contributed by atoms with Crippen LogP contribution in [-0.2, 0) is 14.3 Å². The van der Waals surface area contributed by atoms with E-state index in [1.165, 1.54) is 270 Å². The molecule has 0 aliphatic heterocycles. The number of carbonyl (C=O) groups excluding carboxylic acids is 2. The van der Waals surface area contributed by atoms with Gasteiger partial charge in [-0.3, -0.25) is 9.59 Å². The van der Waals surface area contributed by atoms with Gasteiger partial charge in [-0.15, -0.1) is 0 Å². The van der Waals surface area contributed by atoms with E-state index in [1.54, 1.807) is 0 Å². The van der Waals surface area contributed by atoms with Crippen molar-refractivity contribution in [1.82, 2.24) is 5.32 Å². The Morgan fingerprint density at radius 2 is 0.691 bits per heavy atom. The molecule has 0 spiro atoms. The van der Waals surface area contributed by atoms with Crippen molar-refractivity contribution in [3.63, 3.8) is 0 Å². The maximum Gasteiger partial charge on any atom is 0.305 e. The van der Waals surface area contributed by atoms with E-state index in [0.717, 1.165) is 44.9 Å². The average Bonchev–Trinajstić information content (AvgIpc) is 3.34. The highest BCUT2D eigenvalue weighted by atomic mass is 16.5. The van der Waals surface area contributed by atoms with E-state index < -0.39 is 12.1 Å². The van der Waals surface area contributed by atoms with Crippen LogP contribution in [0, 0.1) is 0 Å². The fourth-order valence-electron chi connectivity index (χ4n) is 9.81. The van der Waals surface area contributed by atoms with Gasteiger partial charge in [-0.2, -0.15) is 0 Å². The van der Waals surface area contributed by atoms with Crippen LogP contribution in [0.3, 0.4) is 0 Å². The van der Waals surface area contributed by atoms with Crippen molar-refractivity contribution < 1.29 is 24.5 Å². The van der Waals surface area contributed by atoms with Crippen LogP contribution >= 0.6 is 0 Å². The van der Waals surface area contributed by atoms with Crippen LogP contribution in [0.5, 0.6) is 0 Å². The van der Waals surface area contributed by atoms with Crippen LogP contribution in [-0.4, -0.2) is 47.4 Å². The van der Waals surface area contributed by atoms with Crippen LogP contribution in [0.25, 0.3) is 0 Å². The van der Waals surface area contributed by atoms with Crippen LogP contribution in [0.1, 0.15) is 348 Å². The van der Waals surface area contributed by atoms with Gasteiger partial charge in [-0.1, -0.05) is 296 Å². The molecule has 6 heteroatoms. The zero-order valence-electron chi connectivity index (χ0n) is 46.1. The van der Waals surface area contributed by atoms with E-state index >= 15 is 0 Å². The maximum atomic E-state index is 12.4. The number of aliphatic hydroxyl groups excluding tert-OH is 2. The van der Waals surface area contributed by atoms with Gasteiger partial charge in [0.1, 0.15) is 0 Å². The summed E-state index contributed by atoms with van der Waals surface area (Å²) in [5.74, 6) is -0.0223. The zero-order valence-corrected chi connectivity index (χ0v) is 46.1. The number of rotatable bonds is 58. The second-order valence-electron chi connectivity index (χ2n) is 21.4. The Labute approximate surface area is 425 Å². The number of unbranched alkanes of at least 4 members (excludes halogenated alkanes) is 45. The molecule has 1 amide bonds. The summed E-state index contributed by atoms with van der Waals surface area (Å²) in [6.07, 6.45) is 69.5. The van der Waals surface area contributed by atoms with Crippen molar-refractivity contribution in [2.45, 2.75) is 360 Å². The highest BCUT2D eigenvalue weighted by Crippen LogP contribution is 2.18. The molecule has 0 rings (SSSR count). The Morgan fingerprint density at radius 3 is 1.07 bits per heavy atom. The first-order valence-corrected chi connectivity index (χ1v) is 30.9. The molecule has 0 heterocycles. The van der Waals surface area contributed by atoms with Gasteiger partial charge in [0.25, 0.3) is 0 Å². The van der Waals surface area contributed by atoms with E-state index in [0.29, 0.717) is 25.9 Å². The third kappa shape index (κ3) is 53.9. The van der Waals surface area contributed by atoms with Crippen LogP contribution < -0.4 is 5.32 Å². The highest BCUT2D eigenvalue weighted by molar-refractivity contribution is 5.76. The van der Waals surface area contributed by atoms with Gasteiger partial charge >= 0.3 is 5.97 Å². The molecule has 0 aliphatic carbocycles. The molecule has 0 aliphatic rings. The first kappa shape index (κ1) is 66.6. The SMILES string of the molecule is CCCCC/C=C\CCCCCCCC(=O)OCCCCCCCCCCCCCCCCCCCCCCCCCCCCCCC(=O)NC(CO)C(O)CCCCCCCCCCCCC. The van der Waals surface area contributed by atoms with Gasteiger partial charge in [-0.05, 0) is 51.4 Å². The summed E-state index contributed by atoms with van der Waals surface area (Å²) in [5.41, 5.74) is 0. The molecule has 404 valence electrons. The molecule has 0 bridgehead atoms. The smallest absolute Gasteiger partial charge is 0.305 e. The minimum Gasteiger partial charge on any atom is -0.466 e. The van der Waals surface area contributed by atoms with E-state index in [1.807, 2.05) is 0 Å². The van der Waals surface area contributed by atoms with Crippen molar-refractivity contribution in [2.24, 2.45) is 0 Å². The Bertz CT molecular complexity index is 1020. The van der Waals surface area contributed by atoms with Crippen LogP contribution in [0.2, 0.25) is 0 Å². The molecule has 2 unspecified atom stereocenters. The van der Waals surface area contributed by atoms with E-state index in [9.17, 15) is 19.8 Å². The molecule has 0 radical (unpaired) electrons. The summed E-state index contributed by atoms with van der Waals surface area (Å²) >= 11 is 0. The number of hydrogen-bond donors (Lipinski definition) is 3. The Kier molecular flexibility index (Phi) is 57.0. The molecule has 0 aromatic rings. The van der Waals surface area contributed by atoms with Gasteiger partial charge in [-0.25, -0.2) is 0 Å². The number of nitrogens with one attached hydrogen (secondary N) is 1. The van der Waals surface area contributed by atoms with Gasteiger partial charge in [0.15, 0.2) is 0 Å². The third-order valence-corrected chi connectivity index (χ3v) is 14.6. The lowest BCUT2D eigenvalue weighted by Crippen LogP contribution is -2.45. The Morgan fingerprint density at radius 1 is 0.397 bits per heavy atom. The number of aliphatic hydroxyl groups is 2. The van der Waals surface area contributed by atoms with E-state index in [-0.39, 0.29) is 18.5 Å². The third-order valence-electron chi connectivity index (χ3n) is 14.6. The second kappa shape index (κ2) is 58.2. The minimum atomic E-state index is -0.659. The fraction of sp³-hybridized carbons (Fsp3) is 0.935. The predicted octanol–water partition coefficient (Wildman–Crippen LogP) is 19.2. The largest absolute Gasteiger partial charge is 0.466 e. The lowest BCUT2D eigenvalue weighted by molar-refractivity contribution is -0.143. The Hall–Kier alpha value is -1.40. The molecule has 0 saturated carbocycles. The summed E-state index contributed by atoms with van der Waals surface area (Å²) in [6, 6.07) is -0.536. The highest BCUT2D eigenvalue weighted by Gasteiger charge is 2.20. The van der Waals surface area contributed by atoms with E-state index in [4.69, 9.17) is 4.74 Å². The number of amides is 1. The first-order valence-electron chi connectivity index (χ1n) is 30.9. The summed E-state index contributed by atoms with van der Waals surface area (Å²) in [7, 11) is 0. The number of allylic oxidation sites excluding steroid dienone is 2. The quantitative estimate of drug-likeness (QED) is 0.0321. The average molecular weight is 961 g/mol. The predicted molar refractivity (Wildman–Crippen MR) is 297 cm³/mol. The van der Waals surface area contributed by atoms with Gasteiger partial charge < -0.3 is 20.3 Å². The molecule has 0 saturated heterocycles. The molecule has 3 N–H and O–H groups in total. The first-order chi connectivity index (χ1) is 33.5. The minimum absolute atomic E-state index is 0.00902. The standard InChI is InChI=1S/C62H121NO5/c1-3-5-7-9-11-13-15-36-40-44-48-52-56-62(67)68-57-53-49-45-41-37-33-31-29-27-25-23-21-19-17-16-18-20-22-24-26-28-30-32-35-39-43-47-51-55-61(66)63-59(58-64)60(65)54-50-46-42-38-34-14-12-10-8-6-4-2/h11,13,59-60,64-65H,3-10,12,14-58H2,1-2H3,(H,63,66)/b13-11-. The van der Waals surface area contributed by atoms with Crippen molar-refractivity contribution >= 4 is 11.9 Å². The zero-order chi connectivity index (χ0) is 49.3.